The monoisotopic (exact) mass is 505 g/mol. The summed E-state index contributed by atoms with van der Waals surface area (Å²) in [7, 11) is -1.95. The summed E-state index contributed by atoms with van der Waals surface area (Å²) in [5, 5.41) is 1.34. The molecule has 0 radical (unpaired) electrons. The lowest BCUT2D eigenvalue weighted by molar-refractivity contribution is 0.0944. The number of carbonyl (C=O) groups excluding carboxylic acids is 1. The highest BCUT2D eigenvalue weighted by atomic mass is 35.5. The van der Waals surface area contributed by atoms with Crippen molar-refractivity contribution in [2.75, 3.05) is 6.61 Å². The first-order chi connectivity index (χ1) is 15.5. The SMILES string of the molecule is CCCn1ccc2cc(C(CCO[Si](C)(C)C(C)(C)C)C(=O)c3c(Cl)ncnc3Cl)ccc21. The van der Waals surface area contributed by atoms with Crippen LogP contribution in [0.3, 0.4) is 0 Å². The average molecular weight is 507 g/mol. The van der Waals surface area contributed by atoms with Crippen LogP contribution in [-0.4, -0.2) is 35.2 Å². The number of Topliss-reactive ketones (excluding diaryl/α,β-unsaturated/α-hetero) is 1. The van der Waals surface area contributed by atoms with E-state index in [1.54, 1.807) is 0 Å². The van der Waals surface area contributed by atoms with Crippen LogP contribution in [0.4, 0.5) is 0 Å². The molecule has 0 aliphatic rings. The number of fused-ring (bicyclic) bond motifs is 1. The third kappa shape index (κ3) is 5.68. The maximum Gasteiger partial charge on any atom is 0.191 e. The highest BCUT2D eigenvalue weighted by Crippen LogP contribution is 2.38. The summed E-state index contributed by atoms with van der Waals surface area (Å²) in [4.78, 5) is 21.7. The van der Waals surface area contributed by atoms with Crippen LogP contribution >= 0.6 is 23.2 Å². The number of hydrogen-bond donors (Lipinski definition) is 0. The summed E-state index contributed by atoms with van der Waals surface area (Å²) in [6, 6.07) is 8.28. The first kappa shape index (κ1) is 25.9. The van der Waals surface area contributed by atoms with Crippen molar-refractivity contribution in [1.82, 2.24) is 14.5 Å². The van der Waals surface area contributed by atoms with E-state index in [1.165, 1.54) is 6.33 Å². The molecule has 8 heteroatoms. The largest absolute Gasteiger partial charge is 0.417 e. The van der Waals surface area contributed by atoms with Crippen molar-refractivity contribution >= 4 is 48.2 Å². The Morgan fingerprint density at radius 1 is 1.15 bits per heavy atom. The molecule has 0 N–H and O–H groups in total. The van der Waals surface area contributed by atoms with E-state index >= 15 is 0 Å². The zero-order chi connectivity index (χ0) is 24.4. The van der Waals surface area contributed by atoms with E-state index in [1.807, 2.05) is 6.07 Å². The van der Waals surface area contributed by atoms with Crippen molar-refractivity contribution in [3.05, 3.63) is 58.2 Å². The maximum absolute atomic E-state index is 13.7. The van der Waals surface area contributed by atoms with Crippen LogP contribution in [0, 0.1) is 0 Å². The molecule has 178 valence electrons. The van der Waals surface area contributed by atoms with Crippen molar-refractivity contribution in [3.63, 3.8) is 0 Å². The van der Waals surface area contributed by atoms with Gasteiger partial charge >= 0.3 is 0 Å². The zero-order valence-corrected chi connectivity index (χ0v) is 22.8. The molecule has 0 bridgehead atoms. The number of nitrogens with zero attached hydrogens (tertiary/aromatic N) is 3. The molecule has 2 aromatic heterocycles. The Morgan fingerprint density at radius 3 is 2.42 bits per heavy atom. The van der Waals surface area contributed by atoms with Gasteiger partial charge in [0.2, 0.25) is 0 Å². The van der Waals surface area contributed by atoms with Gasteiger partial charge in [-0.05, 0) is 60.1 Å². The van der Waals surface area contributed by atoms with Gasteiger partial charge in [-0.2, -0.15) is 0 Å². The average Bonchev–Trinajstić information content (AvgIpc) is 3.12. The molecule has 3 rings (SSSR count). The smallest absolute Gasteiger partial charge is 0.191 e. The van der Waals surface area contributed by atoms with Gasteiger partial charge in [0, 0.05) is 30.8 Å². The predicted octanol–water partition coefficient (Wildman–Crippen LogP) is 7.53. The van der Waals surface area contributed by atoms with Gasteiger partial charge in [0.1, 0.15) is 16.6 Å². The third-order valence-electron chi connectivity index (χ3n) is 6.66. The zero-order valence-electron chi connectivity index (χ0n) is 20.3. The quantitative estimate of drug-likeness (QED) is 0.171. The second-order valence-electron chi connectivity index (χ2n) is 9.97. The van der Waals surface area contributed by atoms with Crippen LogP contribution in [0.2, 0.25) is 28.4 Å². The Labute approximate surface area is 207 Å². The standard InChI is InChI=1S/C25H33Cl2N3O2Si/c1-7-12-30-13-10-18-15-17(8-9-20(18)30)19(11-14-32-33(5,6)25(2,3)4)22(31)21-23(26)28-16-29-24(21)27/h8-10,13,15-16,19H,7,11-12,14H2,1-6H3. The number of carbonyl (C=O) groups is 1. The molecule has 0 spiro atoms. The lowest BCUT2D eigenvalue weighted by atomic mass is 9.88. The van der Waals surface area contributed by atoms with E-state index in [0.29, 0.717) is 13.0 Å². The van der Waals surface area contributed by atoms with E-state index in [0.717, 1.165) is 29.4 Å². The van der Waals surface area contributed by atoms with Gasteiger partial charge in [0.15, 0.2) is 14.1 Å². The van der Waals surface area contributed by atoms with Crippen LogP contribution in [0.1, 0.15) is 62.4 Å². The van der Waals surface area contributed by atoms with E-state index in [2.05, 4.69) is 79.7 Å². The molecule has 0 fully saturated rings. The van der Waals surface area contributed by atoms with E-state index in [-0.39, 0.29) is 26.7 Å². The fourth-order valence-corrected chi connectivity index (χ4v) is 5.25. The third-order valence-corrected chi connectivity index (χ3v) is 11.8. The number of halogens is 2. The topological polar surface area (TPSA) is 57.0 Å². The van der Waals surface area contributed by atoms with Gasteiger partial charge in [-0.3, -0.25) is 4.79 Å². The highest BCUT2D eigenvalue weighted by molar-refractivity contribution is 6.74. The van der Waals surface area contributed by atoms with Crippen molar-refractivity contribution < 1.29 is 9.22 Å². The van der Waals surface area contributed by atoms with E-state index in [9.17, 15) is 4.79 Å². The lowest BCUT2D eigenvalue weighted by Crippen LogP contribution is -2.41. The molecule has 0 saturated carbocycles. The molecule has 33 heavy (non-hydrogen) atoms. The van der Waals surface area contributed by atoms with Gasteiger partial charge in [0.05, 0.1) is 5.56 Å². The van der Waals surface area contributed by atoms with Crippen LogP contribution in [0.15, 0.2) is 36.8 Å². The first-order valence-electron chi connectivity index (χ1n) is 11.4. The minimum atomic E-state index is -1.95. The second kappa shape index (κ2) is 10.3. The first-order valence-corrected chi connectivity index (χ1v) is 15.1. The summed E-state index contributed by atoms with van der Waals surface area (Å²) in [6.45, 7) is 14.6. The Bertz CT molecular complexity index is 1120. The van der Waals surface area contributed by atoms with Crippen LogP contribution in [0.25, 0.3) is 10.9 Å². The number of benzene rings is 1. The Kier molecular flexibility index (Phi) is 8.05. The maximum atomic E-state index is 13.7. The molecule has 3 aromatic rings. The van der Waals surface area contributed by atoms with Gasteiger partial charge in [-0.1, -0.05) is 57.0 Å². The predicted molar refractivity (Wildman–Crippen MR) is 139 cm³/mol. The fourth-order valence-electron chi connectivity index (χ4n) is 3.69. The minimum absolute atomic E-state index is 0.0745. The number of aryl methyl sites for hydroxylation is 1. The Balaban J connectivity index is 1.96. The van der Waals surface area contributed by atoms with Crippen molar-refractivity contribution in [2.45, 2.75) is 71.1 Å². The molecule has 0 aliphatic heterocycles. The highest BCUT2D eigenvalue weighted by Gasteiger charge is 2.37. The van der Waals surface area contributed by atoms with E-state index in [4.69, 9.17) is 27.6 Å². The molecular weight excluding hydrogens is 473 g/mol. The molecule has 2 heterocycles. The normalized spacial score (nSPS) is 13.5. The Hall–Kier alpha value is -1.73. The summed E-state index contributed by atoms with van der Waals surface area (Å²) >= 11 is 12.5. The molecule has 1 aromatic carbocycles. The van der Waals surface area contributed by atoms with Crippen molar-refractivity contribution in [3.8, 4) is 0 Å². The summed E-state index contributed by atoms with van der Waals surface area (Å²) < 4.78 is 8.63. The van der Waals surface area contributed by atoms with Crippen molar-refractivity contribution in [2.24, 2.45) is 0 Å². The number of rotatable bonds is 9. The van der Waals surface area contributed by atoms with Crippen LogP contribution in [0.5, 0.6) is 0 Å². The van der Waals surface area contributed by atoms with Gasteiger partial charge in [0.25, 0.3) is 0 Å². The molecular formula is C25H33Cl2N3O2Si. The summed E-state index contributed by atoms with van der Waals surface area (Å²) in [5.41, 5.74) is 2.24. The molecule has 0 amide bonds. The van der Waals surface area contributed by atoms with Crippen LogP contribution < -0.4 is 0 Å². The van der Waals surface area contributed by atoms with Crippen LogP contribution in [-0.2, 0) is 11.0 Å². The van der Waals surface area contributed by atoms with Crippen molar-refractivity contribution in [1.29, 1.82) is 0 Å². The minimum Gasteiger partial charge on any atom is -0.417 e. The van der Waals surface area contributed by atoms with Gasteiger partial charge in [-0.15, -0.1) is 0 Å². The number of aromatic nitrogens is 3. The van der Waals surface area contributed by atoms with Gasteiger partial charge < -0.3 is 8.99 Å². The lowest BCUT2D eigenvalue weighted by Gasteiger charge is -2.36. The Morgan fingerprint density at radius 2 is 1.82 bits per heavy atom. The molecule has 0 saturated heterocycles. The van der Waals surface area contributed by atoms with E-state index < -0.39 is 14.2 Å². The molecule has 5 nitrogen and oxygen atoms in total. The molecule has 1 unspecified atom stereocenters. The molecule has 0 aliphatic carbocycles. The summed E-state index contributed by atoms with van der Waals surface area (Å²) in [6.07, 6.45) is 4.93. The summed E-state index contributed by atoms with van der Waals surface area (Å²) in [5.74, 6) is -0.647. The number of ketones is 1. The number of hydrogen-bond acceptors (Lipinski definition) is 4. The second-order valence-corrected chi connectivity index (χ2v) is 15.5. The fraction of sp³-hybridized carbons (Fsp3) is 0.480. The van der Waals surface area contributed by atoms with Gasteiger partial charge in [-0.25, -0.2) is 9.97 Å². The molecule has 1 atom stereocenters.